The monoisotopic (exact) mass is 206 g/mol. The van der Waals surface area contributed by atoms with Crippen LogP contribution in [0.25, 0.3) is 0 Å². The standard InChI is InChI=1S/C13H18O2/c1-9-4-3-5-12(10(9)2)13(14)11-6-7-15-8-11/h3-5,11,13-14H,6-8H2,1-2H3. The third-order valence-corrected chi connectivity index (χ3v) is 3.38. The molecule has 1 aliphatic heterocycles. The molecule has 2 rings (SSSR count). The number of benzene rings is 1. The first-order valence-corrected chi connectivity index (χ1v) is 5.52. The van der Waals surface area contributed by atoms with Gasteiger partial charge >= 0.3 is 0 Å². The summed E-state index contributed by atoms with van der Waals surface area (Å²) in [7, 11) is 0. The van der Waals surface area contributed by atoms with Gasteiger partial charge in [-0.05, 0) is 37.0 Å². The molecule has 2 unspecified atom stereocenters. The van der Waals surface area contributed by atoms with E-state index in [-0.39, 0.29) is 12.0 Å². The van der Waals surface area contributed by atoms with Crippen molar-refractivity contribution in [3.05, 3.63) is 34.9 Å². The normalized spacial score (nSPS) is 23.0. The van der Waals surface area contributed by atoms with Gasteiger partial charge in [0.25, 0.3) is 0 Å². The lowest BCUT2D eigenvalue weighted by atomic mass is 9.90. The summed E-state index contributed by atoms with van der Waals surface area (Å²) in [6.45, 7) is 5.63. The molecule has 0 radical (unpaired) electrons. The predicted octanol–water partition coefficient (Wildman–Crippen LogP) is 2.37. The Labute approximate surface area is 90.9 Å². The van der Waals surface area contributed by atoms with Crippen LogP contribution in [0, 0.1) is 19.8 Å². The van der Waals surface area contributed by atoms with E-state index < -0.39 is 0 Å². The summed E-state index contributed by atoms with van der Waals surface area (Å²) in [6, 6.07) is 6.11. The fourth-order valence-corrected chi connectivity index (χ4v) is 2.15. The molecule has 2 atom stereocenters. The molecular formula is C13H18O2. The molecule has 0 bridgehead atoms. The molecule has 1 heterocycles. The summed E-state index contributed by atoms with van der Waals surface area (Å²) in [4.78, 5) is 0. The lowest BCUT2D eigenvalue weighted by molar-refractivity contribution is 0.0913. The van der Waals surface area contributed by atoms with Gasteiger partial charge in [0.15, 0.2) is 0 Å². The highest BCUT2D eigenvalue weighted by atomic mass is 16.5. The first kappa shape index (κ1) is 10.7. The fraction of sp³-hybridized carbons (Fsp3) is 0.538. The highest BCUT2D eigenvalue weighted by Gasteiger charge is 2.26. The summed E-state index contributed by atoms with van der Waals surface area (Å²) in [5.74, 6) is 0.269. The zero-order valence-corrected chi connectivity index (χ0v) is 9.36. The molecule has 0 aromatic heterocycles. The molecule has 1 aromatic rings. The minimum Gasteiger partial charge on any atom is -0.388 e. The molecule has 0 spiro atoms. The molecule has 0 aliphatic carbocycles. The third-order valence-electron chi connectivity index (χ3n) is 3.38. The van der Waals surface area contributed by atoms with Crippen molar-refractivity contribution < 1.29 is 9.84 Å². The molecule has 1 fully saturated rings. The minimum absolute atomic E-state index is 0.269. The lowest BCUT2D eigenvalue weighted by Gasteiger charge is -2.19. The van der Waals surface area contributed by atoms with Crippen LogP contribution in [0.2, 0.25) is 0 Å². The van der Waals surface area contributed by atoms with Crippen molar-refractivity contribution in [3.8, 4) is 0 Å². The van der Waals surface area contributed by atoms with Gasteiger partial charge in [-0.15, -0.1) is 0 Å². The van der Waals surface area contributed by atoms with Gasteiger partial charge in [0.1, 0.15) is 0 Å². The van der Waals surface area contributed by atoms with E-state index in [2.05, 4.69) is 19.9 Å². The van der Waals surface area contributed by atoms with E-state index in [1.165, 1.54) is 11.1 Å². The zero-order valence-electron chi connectivity index (χ0n) is 9.36. The van der Waals surface area contributed by atoms with Crippen LogP contribution in [0.15, 0.2) is 18.2 Å². The van der Waals surface area contributed by atoms with Gasteiger partial charge in [-0.2, -0.15) is 0 Å². The Morgan fingerprint density at radius 1 is 1.40 bits per heavy atom. The number of ether oxygens (including phenoxy) is 1. The van der Waals surface area contributed by atoms with Crippen LogP contribution in [0.3, 0.4) is 0 Å². The van der Waals surface area contributed by atoms with E-state index in [0.717, 1.165) is 18.6 Å². The van der Waals surface area contributed by atoms with Crippen LogP contribution < -0.4 is 0 Å². The summed E-state index contributed by atoms with van der Waals surface area (Å²) in [5.41, 5.74) is 3.51. The van der Waals surface area contributed by atoms with Gasteiger partial charge in [0, 0.05) is 12.5 Å². The molecule has 82 valence electrons. The Hall–Kier alpha value is -0.860. The smallest absolute Gasteiger partial charge is 0.0843 e. The Kier molecular flexibility index (Phi) is 3.08. The van der Waals surface area contributed by atoms with E-state index >= 15 is 0 Å². The van der Waals surface area contributed by atoms with Gasteiger partial charge in [0.2, 0.25) is 0 Å². The molecule has 1 aromatic carbocycles. The number of rotatable bonds is 2. The maximum absolute atomic E-state index is 10.2. The number of aliphatic hydroxyl groups excluding tert-OH is 1. The summed E-state index contributed by atoms with van der Waals surface area (Å²) in [5, 5.41) is 10.2. The Bertz CT molecular complexity index is 340. The molecule has 15 heavy (non-hydrogen) atoms. The van der Waals surface area contributed by atoms with Crippen molar-refractivity contribution in [3.63, 3.8) is 0 Å². The van der Waals surface area contributed by atoms with Gasteiger partial charge < -0.3 is 9.84 Å². The maximum atomic E-state index is 10.2. The molecule has 2 nitrogen and oxygen atoms in total. The largest absolute Gasteiger partial charge is 0.388 e. The summed E-state index contributed by atoms with van der Waals surface area (Å²) >= 11 is 0. The fourth-order valence-electron chi connectivity index (χ4n) is 2.15. The highest BCUT2D eigenvalue weighted by molar-refractivity contribution is 5.34. The Morgan fingerprint density at radius 3 is 2.87 bits per heavy atom. The van der Waals surface area contributed by atoms with Crippen molar-refractivity contribution in [2.75, 3.05) is 13.2 Å². The average molecular weight is 206 g/mol. The van der Waals surface area contributed by atoms with Crippen LogP contribution in [0.4, 0.5) is 0 Å². The Balaban J connectivity index is 2.24. The average Bonchev–Trinajstić information content (AvgIpc) is 2.74. The van der Waals surface area contributed by atoms with Crippen molar-refractivity contribution >= 4 is 0 Å². The van der Waals surface area contributed by atoms with E-state index in [4.69, 9.17) is 4.74 Å². The van der Waals surface area contributed by atoms with Gasteiger partial charge in [-0.3, -0.25) is 0 Å². The van der Waals surface area contributed by atoms with E-state index in [1.807, 2.05) is 12.1 Å². The maximum Gasteiger partial charge on any atom is 0.0843 e. The van der Waals surface area contributed by atoms with E-state index in [9.17, 15) is 5.11 Å². The molecule has 0 amide bonds. The summed E-state index contributed by atoms with van der Waals surface area (Å²) in [6.07, 6.45) is 0.599. The van der Waals surface area contributed by atoms with Gasteiger partial charge in [0.05, 0.1) is 12.7 Å². The van der Waals surface area contributed by atoms with Crippen LogP contribution in [-0.2, 0) is 4.74 Å². The minimum atomic E-state index is -0.368. The first-order valence-electron chi connectivity index (χ1n) is 5.52. The van der Waals surface area contributed by atoms with Gasteiger partial charge in [-0.1, -0.05) is 18.2 Å². The van der Waals surface area contributed by atoms with Crippen LogP contribution in [0.1, 0.15) is 29.2 Å². The highest BCUT2D eigenvalue weighted by Crippen LogP contribution is 2.31. The van der Waals surface area contributed by atoms with Crippen molar-refractivity contribution in [1.82, 2.24) is 0 Å². The van der Waals surface area contributed by atoms with Crippen molar-refractivity contribution in [2.45, 2.75) is 26.4 Å². The molecule has 1 saturated heterocycles. The summed E-state index contributed by atoms with van der Waals surface area (Å²) < 4.78 is 5.31. The predicted molar refractivity (Wildman–Crippen MR) is 59.8 cm³/mol. The zero-order chi connectivity index (χ0) is 10.8. The van der Waals surface area contributed by atoms with Crippen molar-refractivity contribution in [1.29, 1.82) is 0 Å². The van der Waals surface area contributed by atoms with Crippen molar-refractivity contribution in [2.24, 2.45) is 5.92 Å². The topological polar surface area (TPSA) is 29.5 Å². The second-order valence-corrected chi connectivity index (χ2v) is 4.36. The number of aliphatic hydroxyl groups is 1. The Morgan fingerprint density at radius 2 is 2.20 bits per heavy atom. The van der Waals surface area contributed by atoms with Crippen LogP contribution >= 0.6 is 0 Å². The van der Waals surface area contributed by atoms with Crippen LogP contribution in [0.5, 0.6) is 0 Å². The molecule has 1 aliphatic rings. The van der Waals surface area contributed by atoms with Crippen LogP contribution in [-0.4, -0.2) is 18.3 Å². The quantitative estimate of drug-likeness (QED) is 0.805. The third kappa shape index (κ3) is 2.06. The number of aryl methyl sites for hydroxylation is 1. The first-order chi connectivity index (χ1) is 7.20. The molecular weight excluding hydrogens is 188 g/mol. The lowest BCUT2D eigenvalue weighted by Crippen LogP contribution is -2.13. The van der Waals surface area contributed by atoms with E-state index in [1.54, 1.807) is 0 Å². The molecule has 1 N–H and O–H groups in total. The second-order valence-electron chi connectivity index (χ2n) is 4.36. The number of hydrogen-bond donors (Lipinski definition) is 1. The molecule has 2 heteroatoms. The molecule has 0 saturated carbocycles. The second kappa shape index (κ2) is 4.33. The SMILES string of the molecule is Cc1cccc(C(O)C2CCOC2)c1C. The van der Waals surface area contributed by atoms with E-state index in [0.29, 0.717) is 6.61 Å². The van der Waals surface area contributed by atoms with Gasteiger partial charge in [-0.25, -0.2) is 0 Å². The number of hydrogen-bond acceptors (Lipinski definition) is 2.